The van der Waals surface area contributed by atoms with E-state index in [0.717, 1.165) is 19.3 Å². The molecule has 0 spiro atoms. The third kappa shape index (κ3) is 1.43. The molecule has 0 amide bonds. The maximum absolute atomic E-state index is 11.4. The molecule has 2 atom stereocenters. The van der Waals surface area contributed by atoms with Crippen LogP contribution in [0.1, 0.15) is 29.9 Å². The zero-order valence-electron chi connectivity index (χ0n) is 8.09. The van der Waals surface area contributed by atoms with Gasteiger partial charge >= 0.3 is 0 Å². The van der Waals surface area contributed by atoms with Crippen molar-refractivity contribution < 1.29 is 4.79 Å². The number of carbonyl (C=O) groups excluding carboxylic acids is 1. The molecular weight excluding hydrogens is 320 g/mol. The second-order valence-electron chi connectivity index (χ2n) is 4.44. The van der Waals surface area contributed by atoms with E-state index in [9.17, 15) is 4.79 Å². The Kier molecular flexibility index (Phi) is 2.29. The molecule has 15 heavy (non-hydrogen) atoms. The summed E-state index contributed by atoms with van der Waals surface area (Å²) in [5, 5.41) is 0. The topological polar surface area (TPSA) is 17.1 Å². The van der Waals surface area contributed by atoms with E-state index in [-0.39, 0.29) is 0 Å². The van der Waals surface area contributed by atoms with Crippen molar-refractivity contribution >= 4 is 37.6 Å². The molecule has 0 N–H and O–H groups in total. The van der Waals surface area contributed by atoms with Crippen molar-refractivity contribution in [1.29, 1.82) is 0 Å². The summed E-state index contributed by atoms with van der Waals surface area (Å²) in [4.78, 5) is 11.4. The third-order valence-electron chi connectivity index (χ3n) is 3.59. The predicted molar refractivity (Wildman–Crippen MR) is 66.0 cm³/mol. The molecule has 3 rings (SSSR count). The monoisotopic (exact) mass is 328 g/mol. The van der Waals surface area contributed by atoms with Gasteiger partial charge in [0, 0.05) is 21.8 Å². The van der Waals surface area contributed by atoms with E-state index >= 15 is 0 Å². The quantitative estimate of drug-likeness (QED) is 0.707. The fourth-order valence-electron chi connectivity index (χ4n) is 2.96. The Hall–Kier alpha value is -0.150. The van der Waals surface area contributed by atoms with Gasteiger partial charge in [-0.15, -0.1) is 0 Å². The minimum Gasteiger partial charge on any atom is -0.300 e. The number of Topliss-reactive ketones (excluding diaryl/α,β-unsaturated/α-hetero) is 1. The van der Waals surface area contributed by atoms with Gasteiger partial charge in [0.15, 0.2) is 0 Å². The van der Waals surface area contributed by atoms with Crippen molar-refractivity contribution in [2.24, 2.45) is 5.92 Å². The summed E-state index contributed by atoms with van der Waals surface area (Å²) in [6.45, 7) is 0. The number of hydrogen-bond donors (Lipinski definition) is 0. The molecule has 1 fully saturated rings. The number of ketones is 1. The SMILES string of the molecule is O=C1CC2Cc3c(Br)ccc(Br)c3C2C1. The Morgan fingerprint density at radius 2 is 1.80 bits per heavy atom. The second-order valence-corrected chi connectivity index (χ2v) is 6.15. The largest absolute Gasteiger partial charge is 0.300 e. The van der Waals surface area contributed by atoms with Crippen molar-refractivity contribution in [2.45, 2.75) is 25.2 Å². The van der Waals surface area contributed by atoms with Crippen LogP contribution in [0.5, 0.6) is 0 Å². The lowest BCUT2D eigenvalue weighted by atomic mass is 9.96. The lowest BCUT2D eigenvalue weighted by molar-refractivity contribution is -0.117. The summed E-state index contributed by atoms with van der Waals surface area (Å²) < 4.78 is 2.37. The average Bonchev–Trinajstić information content (AvgIpc) is 2.67. The Labute approximate surface area is 106 Å². The molecule has 0 aliphatic heterocycles. The zero-order chi connectivity index (χ0) is 10.6. The van der Waals surface area contributed by atoms with Crippen molar-refractivity contribution in [1.82, 2.24) is 0 Å². The van der Waals surface area contributed by atoms with Crippen LogP contribution in [0.3, 0.4) is 0 Å². The smallest absolute Gasteiger partial charge is 0.133 e. The van der Waals surface area contributed by atoms with Crippen LogP contribution in [-0.2, 0) is 11.2 Å². The molecular formula is C12H10Br2O. The highest BCUT2D eigenvalue weighted by molar-refractivity contribution is 9.11. The van der Waals surface area contributed by atoms with Crippen LogP contribution < -0.4 is 0 Å². The molecule has 0 heterocycles. The molecule has 0 saturated heterocycles. The van der Waals surface area contributed by atoms with Crippen LogP contribution in [-0.4, -0.2) is 5.78 Å². The third-order valence-corrected chi connectivity index (χ3v) is 5.02. The molecule has 1 nitrogen and oxygen atoms in total. The van der Waals surface area contributed by atoms with Crippen molar-refractivity contribution in [3.05, 3.63) is 32.2 Å². The highest BCUT2D eigenvalue weighted by Gasteiger charge is 2.41. The molecule has 2 aliphatic rings. The summed E-state index contributed by atoms with van der Waals surface area (Å²) in [5.74, 6) is 1.46. The maximum atomic E-state index is 11.4. The number of benzene rings is 1. The van der Waals surface area contributed by atoms with Gasteiger partial charge in [0.05, 0.1) is 0 Å². The van der Waals surface area contributed by atoms with Crippen LogP contribution in [0.15, 0.2) is 21.1 Å². The fraction of sp³-hybridized carbons (Fsp3) is 0.417. The summed E-state index contributed by atoms with van der Waals surface area (Å²) in [7, 11) is 0. The minimum absolute atomic E-state index is 0.433. The maximum Gasteiger partial charge on any atom is 0.133 e. The van der Waals surface area contributed by atoms with Crippen LogP contribution in [0.4, 0.5) is 0 Å². The van der Waals surface area contributed by atoms with E-state index in [1.807, 2.05) is 0 Å². The van der Waals surface area contributed by atoms with E-state index < -0.39 is 0 Å². The number of rotatable bonds is 0. The van der Waals surface area contributed by atoms with Crippen LogP contribution >= 0.6 is 31.9 Å². The van der Waals surface area contributed by atoms with E-state index in [0.29, 0.717) is 17.6 Å². The highest BCUT2D eigenvalue weighted by atomic mass is 79.9. The summed E-state index contributed by atoms with van der Waals surface area (Å²) >= 11 is 7.20. The first-order chi connectivity index (χ1) is 7.16. The van der Waals surface area contributed by atoms with Crippen molar-refractivity contribution in [2.75, 3.05) is 0 Å². The Morgan fingerprint density at radius 1 is 1.07 bits per heavy atom. The van der Waals surface area contributed by atoms with Gasteiger partial charge in [-0.2, -0.15) is 0 Å². The number of halogens is 2. The molecule has 1 aromatic carbocycles. The van der Waals surface area contributed by atoms with Gasteiger partial charge in [-0.3, -0.25) is 4.79 Å². The Balaban J connectivity index is 2.15. The molecule has 2 aliphatic carbocycles. The molecule has 1 saturated carbocycles. The highest BCUT2D eigenvalue weighted by Crippen LogP contribution is 2.51. The van der Waals surface area contributed by atoms with Gasteiger partial charge in [0.1, 0.15) is 5.78 Å². The van der Waals surface area contributed by atoms with E-state index in [1.54, 1.807) is 0 Å². The zero-order valence-corrected chi connectivity index (χ0v) is 11.3. The fourth-order valence-corrected chi connectivity index (χ4v) is 4.14. The average molecular weight is 330 g/mol. The molecule has 78 valence electrons. The van der Waals surface area contributed by atoms with Crippen LogP contribution in [0, 0.1) is 5.92 Å². The van der Waals surface area contributed by atoms with Gasteiger partial charge < -0.3 is 0 Å². The predicted octanol–water partition coefficient (Wildman–Crippen LogP) is 3.83. The second kappa shape index (κ2) is 3.42. The Bertz CT molecular complexity index is 453. The van der Waals surface area contributed by atoms with E-state index in [4.69, 9.17) is 0 Å². The molecule has 0 radical (unpaired) electrons. The van der Waals surface area contributed by atoms with Crippen molar-refractivity contribution in [3.8, 4) is 0 Å². The number of hydrogen-bond acceptors (Lipinski definition) is 1. The summed E-state index contributed by atoms with van der Waals surface area (Å²) in [6, 6.07) is 4.17. The van der Waals surface area contributed by atoms with Crippen LogP contribution in [0.25, 0.3) is 0 Å². The number of fused-ring (bicyclic) bond motifs is 3. The van der Waals surface area contributed by atoms with Gasteiger partial charge in [-0.25, -0.2) is 0 Å². The molecule has 3 heteroatoms. The Morgan fingerprint density at radius 3 is 2.60 bits per heavy atom. The van der Waals surface area contributed by atoms with E-state index in [2.05, 4.69) is 44.0 Å². The number of carbonyl (C=O) groups is 1. The first kappa shape index (κ1) is 10.0. The van der Waals surface area contributed by atoms with Gasteiger partial charge in [0.2, 0.25) is 0 Å². The lowest BCUT2D eigenvalue weighted by Gasteiger charge is -2.10. The molecule has 0 aromatic heterocycles. The molecule has 2 unspecified atom stereocenters. The molecule has 0 bridgehead atoms. The van der Waals surface area contributed by atoms with Crippen LogP contribution in [0.2, 0.25) is 0 Å². The standard InChI is InChI=1S/C12H10Br2O/c13-10-1-2-11(14)12-8-5-7(15)3-6(8)4-9(10)12/h1-2,6,8H,3-5H2. The normalized spacial score (nSPS) is 28.0. The van der Waals surface area contributed by atoms with Gasteiger partial charge in [-0.05, 0) is 41.5 Å². The summed E-state index contributed by atoms with van der Waals surface area (Å²) in [6.07, 6.45) is 2.58. The first-order valence-corrected chi connectivity index (χ1v) is 6.74. The first-order valence-electron chi connectivity index (χ1n) is 5.15. The molecule has 1 aromatic rings. The van der Waals surface area contributed by atoms with Gasteiger partial charge in [0.25, 0.3) is 0 Å². The minimum atomic E-state index is 0.433. The summed E-state index contributed by atoms with van der Waals surface area (Å²) in [5.41, 5.74) is 2.78. The van der Waals surface area contributed by atoms with Gasteiger partial charge in [-0.1, -0.05) is 31.9 Å². The lowest BCUT2D eigenvalue weighted by Crippen LogP contribution is -1.97. The van der Waals surface area contributed by atoms with Crippen molar-refractivity contribution in [3.63, 3.8) is 0 Å². The van der Waals surface area contributed by atoms with E-state index in [1.165, 1.54) is 20.1 Å².